The van der Waals surface area contributed by atoms with Crippen LogP contribution in [0.2, 0.25) is 0 Å². The predicted molar refractivity (Wildman–Crippen MR) is 68.4 cm³/mol. The lowest BCUT2D eigenvalue weighted by atomic mass is 9.66. The Balaban J connectivity index is 1.64. The first-order valence-corrected chi connectivity index (χ1v) is 6.78. The van der Waals surface area contributed by atoms with E-state index in [0.717, 1.165) is 6.42 Å². The highest BCUT2D eigenvalue weighted by molar-refractivity contribution is 6.19. The van der Waals surface area contributed by atoms with Gasteiger partial charge in [-0.1, -0.05) is 6.42 Å². The Morgan fingerprint density at radius 3 is 2.65 bits per heavy atom. The predicted octanol–water partition coefficient (Wildman–Crippen LogP) is 0.522. The van der Waals surface area contributed by atoms with Crippen LogP contribution in [0.25, 0.3) is 0 Å². The highest BCUT2D eigenvalue weighted by atomic mass is 16.2. The van der Waals surface area contributed by atoms with Gasteiger partial charge in [0.05, 0.1) is 0 Å². The van der Waals surface area contributed by atoms with Crippen molar-refractivity contribution < 1.29 is 14.4 Å². The molecule has 20 heavy (non-hydrogen) atoms. The topological polar surface area (TPSA) is 84.3 Å². The number of imide groups is 2. The van der Waals surface area contributed by atoms with Crippen LogP contribution in [0.15, 0.2) is 18.5 Å². The number of nitrogens with zero attached hydrogens (tertiary/aromatic N) is 3. The van der Waals surface area contributed by atoms with Crippen LogP contribution in [0.5, 0.6) is 0 Å². The maximum absolute atomic E-state index is 12.4. The quantitative estimate of drug-likeness (QED) is 0.813. The van der Waals surface area contributed by atoms with Gasteiger partial charge in [-0.05, 0) is 25.3 Å². The van der Waals surface area contributed by atoms with Crippen LogP contribution in [0.3, 0.4) is 0 Å². The van der Waals surface area contributed by atoms with E-state index in [0.29, 0.717) is 32.4 Å². The zero-order valence-corrected chi connectivity index (χ0v) is 11.0. The van der Waals surface area contributed by atoms with E-state index in [1.54, 1.807) is 10.9 Å². The molecule has 1 spiro atoms. The van der Waals surface area contributed by atoms with Crippen molar-refractivity contribution in [2.45, 2.75) is 32.2 Å². The van der Waals surface area contributed by atoms with Crippen LogP contribution >= 0.6 is 0 Å². The van der Waals surface area contributed by atoms with Crippen LogP contribution < -0.4 is 5.32 Å². The monoisotopic (exact) mass is 276 g/mol. The minimum atomic E-state index is -0.973. The van der Waals surface area contributed by atoms with Gasteiger partial charge in [0, 0.05) is 25.5 Å². The number of amides is 4. The normalized spacial score (nSPS) is 21.0. The van der Waals surface area contributed by atoms with E-state index < -0.39 is 17.4 Å². The lowest BCUT2D eigenvalue weighted by molar-refractivity contribution is -0.157. The standard InChI is InChI=1S/C13H16N4O3/c18-10-13(4-1-5-13)11(19)17(12(20)15-10)9-3-8-16-7-2-6-14-16/h2,6-7H,1,3-5,8-9H2,(H,15,18,20). The van der Waals surface area contributed by atoms with Gasteiger partial charge in [-0.3, -0.25) is 24.5 Å². The van der Waals surface area contributed by atoms with E-state index in [-0.39, 0.29) is 5.91 Å². The third kappa shape index (κ3) is 1.90. The number of barbiturate groups is 1. The van der Waals surface area contributed by atoms with E-state index in [2.05, 4.69) is 10.4 Å². The van der Waals surface area contributed by atoms with E-state index in [1.165, 1.54) is 4.90 Å². The Morgan fingerprint density at radius 1 is 1.25 bits per heavy atom. The number of urea groups is 1. The number of aryl methyl sites for hydroxylation is 1. The summed E-state index contributed by atoms with van der Waals surface area (Å²) in [5.74, 6) is -0.764. The summed E-state index contributed by atoms with van der Waals surface area (Å²) in [4.78, 5) is 37.2. The largest absolute Gasteiger partial charge is 0.330 e. The molecular weight excluding hydrogens is 260 g/mol. The Hall–Kier alpha value is -2.18. The van der Waals surface area contributed by atoms with E-state index in [1.807, 2.05) is 12.3 Å². The third-order valence-corrected chi connectivity index (χ3v) is 4.09. The number of hydrogen-bond donors (Lipinski definition) is 1. The molecule has 0 radical (unpaired) electrons. The Bertz CT molecular complexity index is 548. The second-order valence-electron chi connectivity index (χ2n) is 5.27. The molecule has 1 aliphatic carbocycles. The van der Waals surface area contributed by atoms with Gasteiger partial charge in [-0.25, -0.2) is 4.79 Å². The summed E-state index contributed by atoms with van der Waals surface area (Å²) in [5, 5.41) is 6.36. The van der Waals surface area contributed by atoms with Crippen molar-refractivity contribution in [2.75, 3.05) is 6.54 Å². The van der Waals surface area contributed by atoms with Crippen molar-refractivity contribution in [3.05, 3.63) is 18.5 Å². The van der Waals surface area contributed by atoms with Crippen LogP contribution in [-0.2, 0) is 16.1 Å². The maximum atomic E-state index is 12.4. The van der Waals surface area contributed by atoms with E-state index >= 15 is 0 Å². The molecule has 3 rings (SSSR count). The second kappa shape index (κ2) is 4.73. The van der Waals surface area contributed by atoms with Crippen LogP contribution in [-0.4, -0.2) is 39.1 Å². The molecule has 0 unspecified atom stereocenters. The fourth-order valence-corrected chi connectivity index (χ4v) is 2.73. The van der Waals surface area contributed by atoms with Gasteiger partial charge in [-0.2, -0.15) is 5.10 Å². The van der Waals surface area contributed by atoms with Gasteiger partial charge in [0.1, 0.15) is 5.41 Å². The molecule has 1 saturated carbocycles. The molecule has 0 aromatic carbocycles. The highest BCUT2D eigenvalue weighted by Gasteiger charge is 2.57. The Morgan fingerprint density at radius 2 is 2.05 bits per heavy atom. The third-order valence-electron chi connectivity index (χ3n) is 4.09. The Labute approximate surface area is 115 Å². The van der Waals surface area contributed by atoms with Crippen molar-refractivity contribution in [1.82, 2.24) is 20.0 Å². The molecular formula is C13H16N4O3. The molecule has 1 aromatic heterocycles. The van der Waals surface area contributed by atoms with Gasteiger partial charge in [-0.15, -0.1) is 0 Å². The lowest BCUT2D eigenvalue weighted by Crippen LogP contribution is -2.66. The van der Waals surface area contributed by atoms with Crippen LogP contribution in [0.1, 0.15) is 25.7 Å². The summed E-state index contributed by atoms with van der Waals surface area (Å²) in [6.45, 7) is 0.935. The number of aromatic nitrogens is 2. The number of nitrogens with one attached hydrogen (secondary N) is 1. The summed E-state index contributed by atoms with van der Waals surface area (Å²) in [6.07, 6.45) is 6.07. The highest BCUT2D eigenvalue weighted by Crippen LogP contribution is 2.44. The molecule has 7 heteroatoms. The first kappa shape index (κ1) is 12.8. The fraction of sp³-hybridized carbons (Fsp3) is 0.538. The average molecular weight is 276 g/mol. The van der Waals surface area contributed by atoms with Gasteiger partial charge in [0.25, 0.3) is 0 Å². The molecule has 0 atom stereocenters. The van der Waals surface area contributed by atoms with Gasteiger partial charge in [0.2, 0.25) is 11.8 Å². The number of hydrogen-bond acceptors (Lipinski definition) is 4. The van der Waals surface area contributed by atoms with Crippen molar-refractivity contribution in [1.29, 1.82) is 0 Å². The SMILES string of the molecule is O=C1NC(=O)C2(CCC2)C(=O)N1CCCn1cccn1. The lowest BCUT2D eigenvalue weighted by Gasteiger charge is -2.44. The summed E-state index contributed by atoms with van der Waals surface area (Å²) in [7, 11) is 0. The van der Waals surface area contributed by atoms with E-state index in [9.17, 15) is 14.4 Å². The van der Waals surface area contributed by atoms with E-state index in [4.69, 9.17) is 0 Å². The van der Waals surface area contributed by atoms with Crippen molar-refractivity contribution in [3.8, 4) is 0 Å². The van der Waals surface area contributed by atoms with Crippen molar-refractivity contribution in [3.63, 3.8) is 0 Å². The van der Waals surface area contributed by atoms with Gasteiger partial charge < -0.3 is 0 Å². The molecule has 2 fully saturated rings. The summed E-state index contributed by atoms with van der Waals surface area (Å²) < 4.78 is 1.75. The number of carbonyl (C=O) groups excluding carboxylic acids is 3. The molecule has 0 bridgehead atoms. The maximum Gasteiger partial charge on any atom is 0.330 e. The van der Waals surface area contributed by atoms with Crippen LogP contribution in [0.4, 0.5) is 4.79 Å². The summed E-state index contributed by atoms with van der Waals surface area (Å²) >= 11 is 0. The van der Waals surface area contributed by atoms with Crippen LogP contribution in [0, 0.1) is 5.41 Å². The van der Waals surface area contributed by atoms with Gasteiger partial charge in [0.15, 0.2) is 0 Å². The molecule has 7 nitrogen and oxygen atoms in total. The molecule has 2 heterocycles. The first-order chi connectivity index (χ1) is 9.63. The van der Waals surface area contributed by atoms with Gasteiger partial charge >= 0.3 is 6.03 Å². The molecule has 2 aliphatic rings. The molecule has 1 saturated heterocycles. The average Bonchev–Trinajstić information content (AvgIpc) is 2.84. The molecule has 1 aromatic rings. The summed E-state index contributed by atoms with van der Waals surface area (Å²) in [5.41, 5.74) is -0.973. The molecule has 4 amide bonds. The molecule has 1 aliphatic heterocycles. The molecule has 106 valence electrons. The number of carbonyl (C=O) groups is 3. The fourth-order valence-electron chi connectivity index (χ4n) is 2.73. The minimum Gasteiger partial charge on any atom is -0.277 e. The zero-order chi connectivity index (χ0) is 14.2. The zero-order valence-electron chi connectivity index (χ0n) is 11.0. The number of rotatable bonds is 4. The smallest absolute Gasteiger partial charge is 0.277 e. The molecule has 1 N–H and O–H groups in total. The first-order valence-electron chi connectivity index (χ1n) is 6.78. The van der Waals surface area contributed by atoms with Crippen molar-refractivity contribution in [2.24, 2.45) is 5.41 Å². The van der Waals surface area contributed by atoms with Crippen molar-refractivity contribution >= 4 is 17.8 Å². The summed E-state index contributed by atoms with van der Waals surface area (Å²) in [6, 6.07) is 1.22. The minimum absolute atomic E-state index is 0.305. The second-order valence-corrected chi connectivity index (χ2v) is 5.27. The Kier molecular flexibility index (Phi) is 3.04.